The van der Waals surface area contributed by atoms with Crippen LogP contribution in [0, 0.1) is 0 Å². The van der Waals surface area contributed by atoms with E-state index in [0.29, 0.717) is 12.1 Å². The molecule has 2 saturated heterocycles. The van der Waals surface area contributed by atoms with Gasteiger partial charge in [0.05, 0.1) is 0 Å². The van der Waals surface area contributed by atoms with Gasteiger partial charge in [-0.05, 0) is 59.7 Å². The summed E-state index contributed by atoms with van der Waals surface area (Å²) >= 11 is 0. The molecule has 4 nitrogen and oxygen atoms in total. The zero-order valence-corrected chi connectivity index (χ0v) is 11.1. The number of aliphatic carboxylic acids is 1. The molecular formula is C13H24N2O2. The molecule has 17 heavy (non-hydrogen) atoms. The second-order valence-electron chi connectivity index (χ2n) is 5.88. The third-order valence-corrected chi connectivity index (χ3v) is 4.78. The van der Waals surface area contributed by atoms with Crippen molar-refractivity contribution in [3.63, 3.8) is 0 Å². The smallest absolute Gasteiger partial charge is 0.323 e. The number of hydrogen-bond acceptors (Lipinski definition) is 3. The van der Waals surface area contributed by atoms with Crippen molar-refractivity contribution in [3.05, 3.63) is 0 Å². The highest BCUT2D eigenvalue weighted by atomic mass is 16.4. The quantitative estimate of drug-likeness (QED) is 0.792. The van der Waals surface area contributed by atoms with Gasteiger partial charge in [0.1, 0.15) is 5.54 Å². The Morgan fingerprint density at radius 2 is 2.12 bits per heavy atom. The minimum Gasteiger partial charge on any atom is -0.480 e. The SMILES string of the molecule is CC1CC(N2CCCC2(C)C(=O)O)CCN1C. The van der Waals surface area contributed by atoms with E-state index in [1.807, 2.05) is 6.92 Å². The Balaban J connectivity index is 2.09. The Bertz CT molecular complexity index is 308. The molecule has 0 aromatic heterocycles. The zero-order valence-electron chi connectivity index (χ0n) is 11.1. The molecule has 3 atom stereocenters. The van der Waals surface area contributed by atoms with Crippen LogP contribution < -0.4 is 0 Å². The highest BCUT2D eigenvalue weighted by molar-refractivity contribution is 5.78. The summed E-state index contributed by atoms with van der Waals surface area (Å²) in [7, 11) is 2.15. The Kier molecular flexibility index (Phi) is 3.46. The van der Waals surface area contributed by atoms with Crippen molar-refractivity contribution in [3.8, 4) is 0 Å². The number of nitrogens with zero attached hydrogens (tertiary/aromatic N) is 2. The van der Waals surface area contributed by atoms with Crippen LogP contribution in [-0.4, -0.2) is 58.6 Å². The highest BCUT2D eigenvalue weighted by Crippen LogP contribution is 2.35. The molecule has 0 spiro atoms. The fourth-order valence-electron chi connectivity index (χ4n) is 3.35. The van der Waals surface area contributed by atoms with Crippen molar-refractivity contribution < 1.29 is 9.90 Å². The average Bonchev–Trinajstić information content (AvgIpc) is 2.66. The first-order valence-corrected chi connectivity index (χ1v) is 6.65. The van der Waals surface area contributed by atoms with Crippen molar-refractivity contribution in [1.29, 1.82) is 0 Å². The van der Waals surface area contributed by atoms with Crippen molar-refractivity contribution in [2.75, 3.05) is 20.1 Å². The summed E-state index contributed by atoms with van der Waals surface area (Å²) in [4.78, 5) is 16.1. The lowest BCUT2D eigenvalue weighted by Crippen LogP contribution is -2.56. The fraction of sp³-hybridized carbons (Fsp3) is 0.923. The first-order valence-electron chi connectivity index (χ1n) is 6.65. The van der Waals surface area contributed by atoms with Crippen LogP contribution in [0.25, 0.3) is 0 Å². The molecule has 0 radical (unpaired) electrons. The lowest BCUT2D eigenvalue weighted by molar-refractivity contribution is -0.150. The number of hydrogen-bond donors (Lipinski definition) is 1. The average molecular weight is 240 g/mol. The molecule has 2 aliphatic rings. The molecule has 1 N–H and O–H groups in total. The highest BCUT2D eigenvalue weighted by Gasteiger charge is 2.47. The van der Waals surface area contributed by atoms with Gasteiger partial charge in [0.2, 0.25) is 0 Å². The van der Waals surface area contributed by atoms with E-state index in [9.17, 15) is 9.90 Å². The van der Waals surface area contributed by atoms with Gasteiger partial charge in [-0.15, -0.1) is 0 Å². The molecule has 2 aliphatic heterocycles. The van der Waals surface area contributed by atoms with Gasteiger partial charge in [0.25, 0.3) is 0 Å². The van der Waals surface area contributed by atoms with Crippen LogP contribution in [0.4, 0.5) is 0 Å². The lowest BCUT2D eigenvalue weighted by Gasteiger charge is -2.44. The molecule has 2 fully saturated rings. The maximum absolute atomic E-state index is 11.5. The number of rotatable bonds is 2. The van der Waals surface area contributed by atoms with Gasteiger partial charge < -0.3 is 10.0 Å². The van der Waals surface area contributed by atoms with Crippen LogP contribution in [0.2, 0.25) is 0 Å². The number of carboxylic acids is 1. The maximum atomic E-state index is 11.5. The molecule has 0 bridgehead atoms. The van der Waals surface area contributed by atoms with Crippen LogP contribution >= 0.6 is 0 Å². The molecule has 0 aromatic rings. The van der Waals surface area contributed by atoms with Crippen LogP contribution in [-0.2, 0) is 4.79 Å². The third kappa shape index (κ3) is 2.20. The Labute approximate surface area is 104 Å². The van der Waals surface area contributed by atoms with Crippen LogP contribution in [0.5, 0.6) is 0 Å². The normalized spacial score (nSPS) is 40.6. The standard InChI is InChI=1S/C13H24N2O2/c1-10-9-11(5-8-14(10)3)15-7-4-6-13(15,2)12(16)17/h10-11H,4-9H2,1-3H3,(H,16,17). The first kappa shape index (κ1) is 12.8. The number of likely N-dealkylation sites (tertiary alicyclic amines) is 2. The summed E-state index contributed by atoms with van der Waals surface area (Å²) in [5.41, 5.74) is -0.625. The van der Waals surface area contributed by atoms with Gasteiger partial charge in [-0.3, -0.25) is 9.69 Å². The molecule has 98 valence electrons. The van der Waals surface area contributed by atoms with Gasteiger partial charge in [-0.2, -0.15) is 0 Å². The molecule has 4 heteroatoms. The van der Waals surface area contributed by atoms with E-state index >= 15 is 0 Å². The largest absolute Gasteiger partial charge is 0.480 e. The summed E-state index contributed by atoms with van der Waals surface area (Å²) in [5, 5.41) is 9.44. The monoisotopic (exact) mass is 240 g/mol. The van der Waals surface area contributed by atoms with E-state index < -0.39 is 11.5 Å². The van der Waals surface area contributed by atoms with Crippen LogP contribution in [0.1, 0.15) is 39.5 Å². The summed E-state index contributed by atoms with van der Waals surface area (Å²) in [6.45, 7) is 6.16. The van der Waals surface area contributed by atoms with Crippen molar-refractivity contribution in [1.82, 2.24) is 9.80 Å². The lowest BCUT2D eigenvalue weighted by atomic mass is 9.92. The van der Waals surface area contributed by atoms with E-state index in [-0.39, 0.29) is 0 Å². The molecule has 0 saturated carbocycles. The molecule has 0 aliphatic carbocycles. The van der Waals surface area contributed by atoms with Gasteiger partial charge in [-0.1, -0.05) is 0 Å². The predicted octanol–water partition coefficient (Wildman–Crippen LogP) is 1.41. The topological polar surface area (TPSA) is 43.8 Å². The van der Waals surface area contributed by atoms with E-state index in [4.69, 9.17) is 0 Å². The summed E-state index contributed by atoms with van der Waals surface area (Å²) in [6, 6.07) is 1.01. The van der Waals surface area contributed by atoms with E-state index in [1.165, 1.54) is 0 Å². The third-order valence-electron chi connectivity index (χ3n) is 4.78. The van der Waals surface area contributed by atoms with Crippen LogP contribution in [0.3, 0.4) is 0 Å². The van der Waals surface area contributed by atoms with Gasteiger partial charge in [0.15, 0.2) is 0 Å². The zero-order chi connectivity index (χ0) is 12.6. The second-order valence-corrected chi connectivity index (χ2v) is 5.88. The van der Waals surface area contributed by atoms with Gasteiger partial charge >= 0.3 is 5.97 Å². The van der Waals surface area contributed by atoms with Crippen LogP contribution in [0.15, 0.2) is 0 Å². The Morgan fingerprint density at radius 3 is 2.71 bits per heavy atom. The number of piperidine rings is 1. The fourth-order valence-corrected chi connectivity index (χ4v) is 3.35. The summed E-state index contributed by atoms with van der Waals surface area (Å²) < 4.78 is 0. The second kappa shape index (κ2) is 4.58. The Morgan fingerprint density at radius 1 is 1.41 bits per heavy atom. The maximum Gasteiger partial charge on any atom is 0.323 e. The van der Waals surface area contributed by atoms with Gasteiger partial charge in [0, 0.05) is 12.1 Å². The van der Waals surface area contributed by atoms with E-state index in [0.717, 1.165) is 38.8 Å². The minimum atomic E-state index is -0.651. The van der Waals surface area contributed by atoms with Crippen molar-refractivity contribution in [2.24, 2.45) is 0 Å². The Hall–Kier alpha value is -0.610. The molecular weight excluding hydrogens is 216 g/mol. The number of carboxylic acid groups (broad SMARTS) is 1. The summed E-state index contributed by atoms with van der Waals surface area (Å²) in [6.07, 6.45) is 4.01. The molecule has 2 rings (SSSR count). The number of carbonyl (C=O) groups is 1. The molecule has 3 unspecified atom stereocenters. The van der Waals surface area contributed by atoms with Crippen molar-refractivity contribution >= 4 is 5.97 Å². The predicted molar refractivity (Wildman–Crippen MR) is 67.1 cm³/mol. The molecule has 2 heterocycles. The molecule has 0 amide bonds. The van der Waals surface area contributed by atoms with Gasteiger partial charge in [-0.25, -0.2) is 0 Å². The first-order chi connectivity index (χ1) is 7.95. The van der Waals surface area contributed by atoms with E-state index in [1.54, 1.807) is 0 Å². The minimum absolute atomic E-state index is 0.449. The summed E-state index contributed by atoms with van der Waals surface area (Å²) in [5.74, 6) is -0.651. The van der Waals surface area contributed by atoms with Crippen molar-refractivity contribution in [2.45, 2.75) is 57.2 Å². The van der Waals surface area contributed by atoms with E-state index in [2.05, 4.69) is 23.8 Å². The molecule has 0 aromatic carbocycles.